The first-order valence-corrected chi connectivity index (χ1v) is 19.3. The van der Waals surface area contributed by atoms with E-state index in [9.17, 15) is 0 Å². The van der Waals surface area contributed by atoms with Crippen LogP contribution < -0.4 is 0 Å². The predicted molar refractivity (Wildman–Crippen MR) is 226 cm³/mol. The predicted octanol–water partition coefficient (Wildman–Crippen LogP) is 14.7. The second kappa shape index (κ2) is 11.1. The number of allylic oxidation sites excluding steroid dienone is 4. The first kappa shape index (κ1) is 29.9. The summed E-state index contributed by atoms with van der Waals surface area (Å²) >= 11 is 1.91. The van der Waals surface area contributed by atoms with Crippen LogP contribution in [0.3, 0.4) is 0 Å². The monoisotopic (exact) mass is 680 g/mol. The van der Waals surface area contributed by atoms with Crippen LogP contribution in [-0.2, 0) is 5.41 Å². The van der Waals surface area contributed by atoms with Gasteiger partial charge in [0.25, 0.3) is 0 Å². The Balaban J connectivity index is 1.11. The summed E-state index contributed by atoms with van der Waals surface area (Å²) in [6.07, 6.45) is 6.80. The fraction of sp³-hybridized carbons (Fsp3) is 0.0980. The Bertz CT molecular complexity index is 2960. The second-order valence-corrected chi connectivity index (χ2v) is 16.2. The fourth-order valence-electron chi connectivity index (χ4n) is 9.57. The van der Waals surface area contributed by atoms with Crippen molar-refractivity contribution >= 4 is 75.0 Å². The minimum Gasteiger partial charge on any atom is -0.135 e. The number of thiophene rings is 1. The van der Waals surface area contributed by atoms with E-state index in [0.717, 1.165) is 12.8 Å². The second-order valence-electron chi connectivity index (χ2n) is 15.1. The third-order valence-corrected chi connectivity index (χ3v) is 13.1. The molecule has 11 rings (SSSR count). The van der Waals surface area contributed by atoms with E-state index in [4.69, 9.17) is 0 Å². The van der Waals surface area contributed by atoms with Crippen molar-refractivity contribution in [2.45, 2.75) is 32.1 Å². The van der Waals surface area contributed by atoms with Gasteiger partial charge < -0.3 is 0 Å². The zero-order chi connectivity index (χ0) is 34.6. The smallest absolute Gasteiger partial charge is 0.0361 e. The van der Waals surface area contributed by atoms with Gasteiger partial charge in [-0.25, -0.2) is 0 Å². The van der Waals surface area contributed by atoms with E-state index in [2.05, 4.69) is 172 Å². The topological polar surface area (TPSA) is 0 Å². The number of benzene rings is 8. The maximum Gasteiger partial charge on any atom is 0.0361 e. The van der Waals surface area contributed by atoms with Gasteiger partial charge in [-0.05, 0) is 125 Å². The summed E-state index contributed by atoms with van der Waals surface area (Å²) in [6.45, 7) is 4.84. The highest BCUT2D eigenvalue weighted by molar-refractivity contribution is 7.25. The summed E-state index contributed by atoms with van der Waals surface area (Å²) in [5, 5.41) is 10.7. The summed E-state index contributed by atoms with van der Waals surface area (Å²) in [6, 6.07) is 54.8. The van der Waals surface area contributed by atoms with Gasteiger partial charge in [-0.15, -0.1) is 11.3 Å². The van der Waals surface area contributed by atoms with Crippen molar-refractivity contribution in [1.82, 2.24) is 0 Å². The SMILES string of the molecule is CC1(C)c2ccc(-c3c4ccccc4c(C4=CC=C(c5ccccc5)CC4)c4ccccc34)cc2-c2ccc3cc4c(cc3c21)sc1ccccc14. The van der Waals surface area contributed by atoms with Gasteiger partial charge in [0, 0.05) is 25.6 Å². The fourth-order valence-corrected chi connectivity index (χ4v) is 10.7. The normalized spacial score (nSPS) is 15.0. The van der Waals surface area contributed by atoms with Crippen LogP contribution in [0.15, 0.2) is 158 Å². The van der Waals surface area contributed by atoms with Gasteiger partial charge in [-0.1, -0.05) is 147 Å². The van der Waals surface area contributed by atoms with Crippen molar-refractivity contribution in [3.05, 3.63) is 180 Å². The minimum absolute atomic E-state index is 0.110. The van der Waals surface area contributed by atoms with Crippen molar-refractivity contribution in [2.24, 2.45) is 0 Å². The third-order valence-electron chi connectivity index (χ3n) is 12.0. The molecule has 2 aliphatic carbocycles. The average Bonchev–Trinajstić information content (AvgIpc) is 3.67. The largest absolute Gasteiger partial charge is 0.135 e. The molecule has 0 bridgehead atoms. The Morgan fingerprint density at radius 3 is 1.79 bits per heavy atom. The lowest BCUT2D eigenvalue weighted by Crippen LogP contribution is -2.15. The highest BCUT2D eigenvalue weighted by atomic mass is 32.1. The van der Waals surface area contributed by atoms with E-state index in [1.54, 1.807) is 0 Å². The number of rotatable bonds is 3. The molecule has 0 radical (unpaired) electrons. The first-order valence-electron chi connectivity index (χ1n) is 18.5. The molecular formula is C51H36S. The molecule has 0 saturated heterocycles. The summed E-state index contributed by atoms with van der Waals surface area (Å²) in [5.74, 6) is 0. The lowest BCUT2D eigenvalue weighted by atomic mass is 9.79. The van der Waals surface area contributed by atoms with Crippen molar-refractivity contribution < 1.29 is 0 Å². The number of hydrogen-bond acceptors (Lipinski definition) is 1. The van der Waals surface area contributed by atoms with Crippen LogP contribution in [0.2, 0.25) is 0 Å². The molecule has 0 fully saturated rings. The van der Waals surface area contributed by atoms with E-state index < -0.39 is 0 Å². The minimum atomic E-state index is -0.110. The van der Waals surface area contributed by atoms with Crippen molar-refractivity contribution in [3.63, 3.8) is 0 Å². The van der Waals surface area contributed by atoms with Crippen molar-refractivity contribution in [1.29, 1.82) is 0 Å². The molecular weight excluding hydrogens is 645 g/mol. The highest BCUT2D eigenvalue weighted by Gasteiger charge is 2.37. The zero-order valence-corrected chi connectivity index (χ0v) is 30.2. The van der Waals surface area contributed by atoms with E-state index in [1.807, 2.05) is 11.3 Å². The molecule has 0 atom stereocenters. The van der Waals surface area contributed by atoms with Gasteiger partial charge in [0.05, 0.1) is 0 Å². The van der Waals surface area contributed by atoms with Crippen LogP contribution in [0.1, 0.15) is 48.9 Å². The van der Waals surface area contributed by atoms with Crippen LogP contribution >= 0.6 is 11.3 Å². The van der Waals surface area contributed by atoms with E-state index in [0.29, 0.717) is 0 Å². The molecule has 0 spiro atoms. The van der Waals surface area contributed by atoms with Crippen molar-refractivity contribution in [2.75, 3.05) is 0 Å². The molecule has 1 aromatic heterocycles. The molecule has 9 aromatic rings. The van der Waals surface area contributed by atoms with Gasteiger partial charge in [-0.3, -0.25) is 0 Å². The van der Waals surface area contributed by atoms with Crippen LogP contribution in [0.25, 0.3) is 85.9 Å². The number of hydrogen-bond donors (Lipinski definition) is 0. The molecule has 8 aromatic carbocycles. The van der Waals surface area contributed by atoms with Crippen LogP contribution in [0.4, 0.5) is 0 Å². The Hall–Kier alpha value is -5.76. The molecule has 0 aliphatic heterocycles. The van der Waals surface area contributed by atoms with Gasteiger partial charge in [0.2, 0.25) is 0 Å². The van der Waals surface area contributed by atoms with E-state index >= 15 is 0 Å². The molecule has 0 saturated carbocycles. The molecule has 1 heteroatoms. The molecule has 246 valence electrons. The van der Waals surface area contributed by atoms with Gasteiger partial charge in [-0.2, -0.15) is 0 Å². The Morgan fingerprint density at radius 2 is 1.08 bits per heavy atom. The molecule has 0 nitrogen and oxygen atoms in total. The summed E-state index contributed by atoms with van der Waals surface area (Å²) < 4.78 is 2.72. The molecule has 0 N–H and O–H groups in total. The third kappa shape index (κ3) is 4.27. The van der Waals surface area contributed by atoms with Gasteiger partial charge >= 0.3 is 0 Å². The van der Waals surface area contributed by atoms with Crippen molar-refractivity contribution in [3.8, 4) is 22.3 Å². The standard InChI is InChI=1S/C51H36S/c1-51(2)45-27-25-35(29-43(45)41-26-24-34-28-44-36-14-10-11-19-46(36)52-47(44)30-42(34)50(41)51)49-39-17-8-6-15-37(39)48(38-16-7-9-18-40(38)49)33-22-20-32(21-23-33)31-12-4-3-5-13-31/h3-20,22,24-30H,21,23H2,1-2H3. The molecule has 2 aliphatic rings. The molecule has 0 amide bonds. The summed E-state index contributed by atoms with van der Waals surface area (Å²) in [4.78, 5) is 0. The van der Waals surface area contributed by atoms with E-state index in [1.165, 1.54) is 108 Å². The molecule has 1 heterocycles. The maximum atomic E-state index is 2.50. The Morgan fingerprint density at radius 1 is 0.442 bits per heavy atom. The van der Waals surface area contributed by atoms with E-state index in [-0.39, 0.29) is 5.41 Å². The van der Waals surface area contributed by atoms with Crippen LogP contribution in [-0.4, -0.2) is 0 Å². The first-order chi connectivity index (χ1) is 25.5. The maximum absolute atomic E-state index is 2.50. The van der Waals surface area contributed by atoms with Crippen LogP contribution in [0, 0.1) is 0 Å². The van der Waals surface area contributed by atoms with Crippen LogP contribution in [0.5, 0.6) is 0 Å². The average molecular weight is 681 g/mol. The Labute approximate surface area is 308 Å². The zero-order valence-electron chi connectivity index (χ0n) is 29.3. The lowest BCUT2D eigenvalue weighted by molar-refractivity contribution is 0.666. The van der Waals surface area contributed by atoms with Gasteiger partial charge in [0.15, 0.2) is 0 Å². The lowest BCUT2D eigenvalue weighted by Gasteiger charge is -2.24. The Kier molecular flexibility index (Phi) is 6.40. The molecule has 0 unspecified atom stereocenters. The highest BCUT2D eigenvalue weighted by Crippen LogP contribution is 2.54. The summed E-state index contributed by atoms with van der Waals surface area (Å²) in [7, 11) is 0. The quantitative estimate of drug-likeness (QED) is 0.163. The molecule has 52 heavy (non-hydrogen) atoms. The number of fused-ring (bicyclic) bond motifs is 10. The summed E-state index contributed by atoms with van der Waals surface area (Å²) in [5.41, 5.74) is 13.6. The van der Waals surface area contributed by atoms with Gasteiger partial charge in [0.1, 0.15) is 0 Å².